The highest BCUT2D eigenvalue weighted by Gasteiger charge is 1.99. The summed E-state index contributed by atoms with van der Waals surface area (Å²) in [7, 11) is 5.90. The van der Waals surface area contributed by atoms with Crippen LogP contribution in [0.4, 0.5) is 5.82 Å². The predicted octanol–water partition coefficient (Wildman–Crippen LogP) is 2.61. The summed E-state index contributed by atoms with van der Waals surface area (Å²) in [6.45, 7) is 0. The van der Waals surface area contributed by atoms with Crippen LogP contribution in [0.25, 0.3) is 0 Å². The van der Waals surface area contributed by atoms with Crippen molar-refractivity contribution in [2.75, 3.05) is 19.0 Å². The molecule has 1 aromatic rings. The number of rotatable bonds is 1. The van der Waals surface area contributed by atoms with Crippen LogP contribution in [0.1, 0.15) is 0 Å². The van der Waals surface area contributed by atoms with E-state index in [-0.39, 0.29) is 0 Å². The number of hydrogen-bond acceptors (Lipinski definition) is 4. The maximum atomic E-state index is 5.14. The molecule has 0 unspecified atom stereocenters. The van der Waals surface area contributed by atoms with Crippen LogP contribution >= 0.6 is 35.8 Å². The molecule has 0 saturated heterocycles. The van der Waals surface area contributed by atoms with Crippen LogP contribution in [0.3, 0.4) is 0 Å². The normalized spacial score (nSPS) is 9.92. The lowest BCUT2D eigenvalue weighted by Gasteiger charge is -2.16. The summed E-state index contributed by atoms with van der Waals surface area (Å²) in [5.74, 6) is 1.05. The van der Waals surface area contributed by atoms with Gasteiger partial charge in [-0.3, -0.25) is 0 Å². The fraction of sp³-hybridized carbons (Fsp3) is 0.429. The third kappa shape index (κ3) is 1.91. The van der Waals surface area contributed by atoms with Crippen molar-refractivity contribution < 1.29 is 0 Å². The first-order valence-electron chi connectivity index (χ1n) is 3.41. The van der Waals surface area contributed by atoms with Crippen molar-refractivity contribution >= 4 is 41.6 Å². The van der Waals surface area contributed by atoms with Crippen LogP contribution < -0.4 is 4.90 Å². The Morgan fingerprint density at radius 3 is 2.50 bits per heavy atom. The van der Waals surface area contributed by atoms with Gasteiger partial charge in [-0.25, -0.2) is 0 Å². The molecular formula is C7H10N2S3. The molecule has 0 radical (unpaired) electrons. The Labute approximate surface area is 86.1 Å². The topological polar surface area (TPSA) is 8.17 Å². The van der Waals surface area contributed by atoms with E-state index < -0.39 is 0 Å². The van der Waals surface area contributed by atoms with Crippen molar-refractivity contribution in [2.24, 2.45) is 7.05 Å². The van der Waals surface area contributed by atoms with E-state index in [4.69, 9.17) is 24.4 Å². The summed E-state index contributed by atoms with van der Waals surface area (Å²) in [5.41, 5.74) is 0. The second kappa shape index (κ2) is 3.64. The molecule has 1 rings (SSSR count). The first-order chi connectivity index (χ1) is 5.52. The van der Waals surface area contributed by atoms with Gasteiger partial charge < -0.3 is 9.47 Å². The van der Waals surface area contributed by atoms with E-state index in [9.17, 15) is 0 Å². The molecule has 0 aromatic carbocycles. The van der Waals surface area contributed by atoms with E-state index >= 15 is 0 Å². The van der Waals surface area contributed by atoms with Gasteiger partial charge in [-0.2, -0.15) is 0 Å². The molecule has 12 heavy (non-hydrogen) atoms. The van der Waals surface area contributed by atoms with Gasteiger partial charge in [-0.1, -0.05) is 23.6 Å². The van der Waals surface area contributed by atoms with Crippen molar-refractivity contribution in [1.29, 1.82) is 0 Å². The van der Waals surface area contributed by atoms with Gasteiger partial charge in [-0.15, -0.1) is 0 Å². The van der Waals surface area contributed by atoms with Gasteiger partial charge in [0.25, 0.3) is 0 Å². The van der Waals surface area contributed by atoms with Gasteiger partial charge in [0.2, 0.25) is 0 Å². The Kier molecular flexibility index (Phi) is 2.98. The lowest BCUT2D eigenvalue weighted by molar-refractivity contribution is 0.868. The second-order valence-electron chi connectivity index (χ2n) is 2.64. The van der Waals surface area contributed by atoms with E-state index in [1.165, 1.54) is 11.3 Å². The molecule has 0 N–H and O–H groups in total. The highest BCUT2D eigenvalue weighted by molar-refractivity contribution is 7.75. The molecule has 0 saturated carbocycles. The fourth-order valence-corrected chi connectivity index (χ4v) is 2.34. The van der Waals surface area contributed by atoms with Crippen LogP contribution in [0.5, 0.6) is 0 Å². The van der Waals surface area contributed by atoms with Gasteiger partial charge in [0.05, 0.1) is 3.82 Å². The Hall–Kier alpha value is -0.260. The van der Waals surface area contributed by atoms with Crippen molar-refractivity contribution in [3.63, 3.8) is 0 Å². The maximum Gasteiger partial charge on any atom is 0.163 e. The minimum atomic E-state index is 0.811. The lowest BCUT2D eigenvalue weighted by atomic mass is 10.6. The summed E-state index contributed by atoms with van der Waals surface area (Å²) in [5, 5.41) is 0. The number of nitrogens with zero attached hydrogens (tertiary/aromatic N) is 2. The standard InChI is InChI=1S/C7H10N2S3/c1-8(2)5-4-6(10)12-7(11)9(5)3/h4H,1-3H3. The van der Waals surface area contributed by atoms with Crippen LogP contribution in [0.2, 0.25) is 0 Å². The molecular weight excluding hydrogens is 208 g/mol. The van der Waals surface area contributed by atoms with Crippen molar-refractivity contribution in [1.82, 2.24) is 4.57 Å². The van der Waals surface area contributed by atoms with Crippen molar-refractivity contribution in [3.8, 4) is 0 Å². The van der Waals surface area contributed by atoms with Crippen molar-refractivity contribution in [3.05, 3.63) is 13.8 Å². The summed E-state index contributed by atoms with van der Waals surface area (Å²) in [6, 6.07) is 1.95. The van der Waals surface area contributed by atoms with Crippen LogP contribution in [0.15, 0.2) is 6.07 Å². The zero-order chi connectivity index (χ0) is 9.30. The van der Waals surface area contributed by atoms with Gasteiger partial charge >= 0.3 is 0 Å². The monoisotopic (exact) mass is 218 g/mol. The molecule has 66 valence electrons. The maximum absolute atomic E-state index is 5.14. The summed E-state index contributed by atoms with van der Waals surface area (Å²) >= 11 is 11.7. The lowest BCUT2D eigenvalue weighted by Crippen LogP contribution is -2.14. The Morgan fingerprint density at radius 1 is 1.42 bits per heavy atom. The molecule has 0 amide bonds. The molecule has 1 heterocycles. The summed E-state index contributed by atoms with van der Waals surface area (Å²) < 4.78 is 3.60. The molecule has 0 aliphatic heterocycles. The van der Waals surface area contributed by atoms with Crippen LogP contribution in [-0.4, -0.2) is 18.7 Å². The Morgan fingerprint density at radius 2 is 2.00 bits per heavy atom. The smallest absolute Gasteiger partial charge is 0.163 e. The highest BCUT2D eigenvalue weighted by Crippen LogP contribution is 2.15. The molecule has 2 nitrogen and oxygen atoms in total. The van der Waals surface area contributed by atoms with Crippen molar-refractivity contribution in [2.45, 2.75) is 0 Å². The second-order valence-corrected chi connectivity index (χ2v) is 5.02. The minimum absolute atomic E-state index is 0.811. The minimum Gasteiger partial charge on any atom is -0.364 e. The van der Waals surface area contributed by atoms with E-state index in [0.717, 1.165) is 13.6 Å². The third-order valence-corrected chi connectivity index (χ3v) is 3.17. The van der Waals surface area contributed by atoms with Gasteiger partial charge in [0.1, 0.15) is 5.82 Å². The zero-order valence-corrected chi connectivity index (χ0v) is 9.65. The van der Waals surface area contributed by atoms with E-state index in [1.807, 2.05) is 36.7 Å². The van der Waals surface area contributed by atoms with Gasteiger partial charge in [0, 0.05) is 27.2 Å². The summed E-state index contributed by atoms with van der Waals surface area (Å²) in [4.78, 5) is 2.00. The first-order valence-corrected chi connectivity index (χ1v) is 5.04. The van der Waals surface area contributed by atoms with E-state index in [2.05, 4.69) is 0 Å². The van der Waals surface area contributed by atoms with Crippen LogP contribution in [0, 0.1) is 7.78 Å². The fourth-order valence-electron chi connectivity index (χ4n) is 0.909. The average Bonchev–Trinajstić information content (AvgIpc) is 1.96. The molecule has 0 aliphatic rings. The number of hydrogen-bond donors (Lipinski definition) is 0. The zero-order valence-electron chi connectivity index (χ0n) is 7.20. The van der Waals surface area contributed by atoms with Gasteiger partial charge in [-0.05, 0) is 12.2 Å². The molecule has 0 spiro atoms. The molecule has 0 atom stereocenters. The largest absolute Gasteiger partial charge is 0.364 e. The molecule has 5 heteroatoms. The molecule has 0 bridgehead atoms. The van der Waals surface area contributed by atoms with Crippen LogP contribution in [-0.2, 0) is 7.05 Å². The molecule has 1 aromatic heterocycles. The predicted molar refractivity (Wildman–Crippen MR) is 59.3 cm³/mol. The number of anilines is 1. The highest BCUT2D eigenvalue weighted by atomic mass is 32.2. The first kappa shape index (κ1) is 9.83. The molecule has 0 fully saturated rings. The Bertz CT molecular complexity index is 388. The number of aromatic nitrogens is 1. The summed E-state index contributed by atoms with van der Waals surface area (Å²) in [6.07, 6.45) is 0. The van der Waals surface area contributed by atoms with E-state index in [1.54, 1.807) is 0 Å². The Balaban J connectivity index is 3.49. The SMILES string of the molecule is CN(C)c1cc(=S)sc(=S)n1C. The third-order valence-electron chi connectivity index (χ3n) is 1.51. The average molecular weight is 218 g/mol. The van der Waals surface area contributed by atoms with E-state index in [0.29, 0.717) is 0 Å². The van der Waals surface area contributed by atoms with Gasteiger partial charge in [0.15, 0.2) is 3.95 Å². The quantitative estimate of drug-likeness (QED) is 0.670. The molecule has 0 aliphatic carbocycles.